The van der Waals surface area contributed by atoms with Crippen molar-refractivity contribution in [3.8, 4) is 11.1 Å². The van der Waals surface area contributed by atoms with E-state index in [-0.39, 0.29) is 37.5 Å². The van der Waals surface area contributed by atoms with Crippen molar-refractivity contribution in [3.63, 3.8) is 0 Å². The lowest BCUT2D eigenvalue weighted by Gasteiger charge is -2.56. The number of hydrogen-bond acceptors (Lipinski definition) is 20. The number of methoxy groups -OCH3 is 3. The number of rotatable bonds is 20. The van der Waals surface area contributed by atoms with E-state index in [1.54, 1.807) is 60.3 Å². The van der Waals surface area contributed by atoms with Gasteiger partial charge >= 0.3 is 5.97 Å². The number of nitrogen functional groups attached to an aromatic ring is 1. The van der Waals surface area contributed by atoms with Crippen molar-refractivity contribution in [2.75, 3.05) is 60.4 Å². The highest BCUT2D eigenvalue weighted by molar-refractivity contribution is 5.83. The van der Waals surface area contributed by atoms with Crippen molar-refractivity contribution in [1.29, 1.82) is 0 Å². The number of ether oxygens (including phenoxy) is 7. The first-order chi connectivity index (χ1) is 38.2. The normalized spacial score (nSPS) is 37.4. The van der Waals surface area contributed by atoms with Gasteiger partial charge < -0.3 is 69.5 Å². The zero-order valence-corrected chi connectivity index (χ0v) is 50.5. The maximum absolute atomic E-state index is 15.0. The fourth-order valence-electron chi connectivity index (χ4n) is 13.1. The molecule has 456 valence electrons. The number of aromatic nitrogens is 5. The van der Waals surface area contributed by atoms with E-state index in [2.05, 4.69) is 25.6 Å². The number of nitrogens with zero attached hydrogens (tertiary/aromatic N) is 6. The van der Waals surface area contributed by atoms with Crippen LogP contribution >= 0.6 is 0 Å². The number of likely N-dealkylation sites (N-methyl/N-ethyl adjacent to an activating group) is 1. The van der Waals surface area contributed by atoms with Gasteiger partial charge in [0, 0.05) is 95.2 Å². The largest absolute Gasteiger partial charge is 0.459 e. The van der Waals surface area contributed by atoms with Crippen LogP contribution < -0.4 is 11.1 Å². The van der Waals surface area contributed by atoms with Crippen LogP contribution in [0.4, 0.5) is 10.3 Å². The summed E-state index contributed by atoms with van der Waals surface area (Å²) >= 11 is 0. The van der Waals surface area contributed by atoms with E-state index in [1.807, 2.05) is 70.8 Å². The second-order valence-corrected chi connectivity index (χ2v) is 24.0. The number of benzene rings is 1. The van der Waals surface area contributed by atoms with Crippen LogP contribution in [0, 0.1) is 29.6 Å². The minimum Gasteiger partial charge on any atom is -0.459 e. The summed E-state index contributed by atoms with van der Waals surface area (Å²) in [6, 6.07) is 6.15. The Bertz CT molecular complexity index is 2480. The molecule has 3 aliphatic rings. The molecule has 3 aliphatic heterocycles. The Kier molecular flexibility index (Phi) is 22.6. The lowest BCUT2D eigenvalue weighted by Crippen LogP contribution is -2.71. The average molecular weight is 1140 g/mol. The molecule has 3 saturated heterocycles. The van der Waals surface area contributed by atoms with Gasteiger partial charge in [0.15, 0.2) is 6.29 Å². The number of nitrogens with one attached hydrogen (secondary N) is 1. The minimum absolute atomic E-state index is 0.0588. The maximum Gasteiger partial charge on any atom is 0.309 e. The number of carbonyl (C=O) groups excluding carboxylic acids is 2. The third-order valence-electron chi connectivity index (χ3n) is 18.4. The summed E-state index contributed by atoms with van der Waals surface area (Å²) in [5.74, 6) is -5.19. The van der Waals surface area contributed by atoms with Crippen LogP contribution in [0.3, 0.4) is 0 Å². The molecule has 22 heteroatoms. The van der Waals surface area contributed by atoms with Gasteiger partial charge in [-0.2, -0.15) is 0 Å². The summed E-state index contributed by atoms with van der Waals surface area (Å²) in [5.41, 5.74) is 2.57. The number of Topliss-reactive ketones (excluding diaryl/α,β-unsaturated/α-hetero) is 1. The Balaban J connectivity index is 1.30. The van der Waals surface area contributed by atoms with Crippen LogP contribution in [0.15, 0.2) is 42.9 Å². The minimum atomic E-state index is -2.02. The number of cyclic esters (lactones) is 1. The number of hydrogen-bond donors (Lipinski definition) is 6. The number of halogens is 1. The molecule has 0 saturated carbocycles. The quantitative estimate of drug-likeness (QED) is 0.0624. The predicted molar refractivity (Wildman–Crippen MR) is 301 cm³/mol. The van der Waals surface area contributed by atoms with Crippen molar-refractivity contribution < 1.29 is 67.6 Å². The van der Waals surface area contributed by atoms with E-state index in [4.69, 9.17) is 38.9 Å². The molecule has 1 aromatic carbocycles. The summed E-state index contributed by atoms with van der Waals surface area (Å²) in [7, 11) is 6.48. The molecule has 7 N–H and O–H groups in total. The molecule has 81 heavy (non-hydrogen) atoms. The summed E-state index contributed by atoms with van der Waals surface area (Å²) in [4.78, 5) is 39.5. The van der Waals surface area contributed by atoms with Crippen molar-refractivity contribution in [3.05, 3.63) is 54.1 Å². The first-order valence-corrected chi connectivity index (χ1v) is 28.9. The van der Waals surface area contributed by atoms with Crippen LogP contribution in [0.1, 0.15) is 132 Å². The van der Waals surface area contributed by atoms with Crippen LogP contribution in [-0.4, -0.2) is 194 Å². The van der Waals surface area contributed by atoms with Gasteiger partial charge in [0.25, 0.3) is 0 Å². The molecule has 0 bridgehead atoms. The van der Waals surface area contributed by atoms with Gasteiger partial charge in [-0.15, -0.1) is 5.10 Å². The van der Waals surface area contributed by atoms with E-state index in [1.165, 1.54) is 25.8 Å². The van der Waals surface area contributed by atoms with Gasteiger partial charge in [0.05, 0.1) is 53.3 Å². The Morgan fingerprint density at radius 1 is 0.938 bits per heavy atom. The van der Waals surface area contributed by atoms with Crippen LogP contribution in [0.25, 0.3) is 11.1 Å². The Morgan fingerprint density at radius 2 is 1.60 bits per heavy atom. The van der Waals surface area contributed by atoms with Crippen LogP contribution in [0.5, 0.6) is 0 Å². The van der Waals surface area contributed by atoms with Crippen molar-refractivity contribution in [2.45, 2.75) is 204 Å². The third kappa shape index (κ3) is 14.2. The third-order valence-corrected chi connectivity index (χ3v) is 18.4. The predicted octanol–water partition coefficient (Wildman–Crippen LogP) is 5.22. The zero-order chi connectivity index (χ0) is 59.9. The summed E-state index contributed by atoms with van der Waals surface area (Å²) in [6.45, 7) is 19.9. The number of ketones is 1. The van der Waals surface area contributed by atoms with Gasteiger partial charge in [0.1, 0.15) is 48.0 Å². The maximum atomic E-state index is 15.0. The van der Waals surface area contributed by atoms with E-state index in [9.17, 15) is 30.0 Å². The molecule has 2 aromatic heterocycles. The summed E-state index contributed by atoms with van der Waals surface area (Å²) in [5, 5.41) is 60.8. The van der Waals surface area contributed by atoms with Crippen molar-refractivity contribution >= 4 is 17.7 Å². The lowest BCUT2D eigenvalue weighted by atomic mass is 9.65. The van der Waals surface area contributed by atoms with Gasteiger partial charge in [-0.1, -0.05) is 71.0 Å². The standard InChI is InChI=1S/C59H95FN8O13/c1-16-23-62-32-59(74)38(8)79-45(27-57(59,10)77-15)47-35(5)52(56(9,76-14)26-33(3)48(69)37(7)51(71)58(11,73)46(17-2)80-53(72)36(47)6)81-54-49(70)43(25-34(4)78-54)67(12)24-22-42-31-68(66-65-42)44(28-60)50(75-13)40-20-18-39(19-21-40)41-29-63-55(61)64-30-41/h18-21,29-31,33-38,43-47,49-52,54,62,70-71,73-74H,16-17,22-28,32H2,1-15H3,(H2,61,63,64)/t33-,34-,35+,36-,37+,38+,43+,44-,45?,46-,47+,49-,50-,51-,52-,54+,56-,57-,58-,59-/m1/s1. The number of anilines is 1. The molecule has 5 heterocycles. The molecule has 0 radical (unpaired) electrons. The summed E-state index contributed by atoms with van der Waals surface area (Å²) in [6.07, 6.45) is -2.14. The smallest absolute Gasteiger partial charge is 0.309 e. The number of aliphatic hydroxyl groups is 4. The summed E-state index contributed by atoms with van der Waals surface area (Å²) < 4.78 is 61.9. The first-order valence-electron chi connectivity index (χ1n) is 28.9. The second-order valence-electron chi connectivity index (χ2n) is 24.0. The fraction of sp³-hybridized carbons (Fsp3) is 0.763. The Morgan fingerprint density at radius 3 is 2.20 bits per heavy atom. The molecule has 20 atom stereocenters. The van der Waals surface area contributed by atoms with Gasteiger partial charge in [-0.3, -0.25) is 9.59 Å². The fourth-order valence-corrected chi connectivity index (χ4v) is 13.1. The highest BCUT2D eigenvalue weighted by Gasteiger charge is 2.61. The van der Waals surface area contributed by atoms with E-state index in [0.29, 0.717) is 31.6 Å². The Labute approximate surface area is 478 Å². The zero-order valence-electron chi connectivity index (χ0n) is 50.5. The monoisotopic (exact) mass is 1140 g/mol. The highest BCUT2D eigenvalue weighted by Crippen LogP contribution is 2.48. The first kappa shape index (κ1) is 66.0. The van der Waals surface area contributed by atoms with E-state index in [0.717, 1.165) is 23.1 Å². The molecular formula is C59H95FN8O13. The second kappa shape index (κ2) is 27.7. The molecular weight excluding hydrogens is 1050 g/mol. The average Bonchev–Trinajstić information content (AvgIpc) is 4.11. The molecule has 3 aromatic rings. The van der Waals surface area contributed by atoms with Crippen molar-refractivity contribution in [1.82, 2.24) is 35.2 Å². The number of nitrogens with two attached hydrogens (primary N) is 1. The van der Waals surface area contributed by atoms with Crippen molar-refractivity contribution in [2.24, 2.45) is 29.6 Å². The molecule has 6 rings (SSSR count). The number of alkyl halides is 1. The Hall–Kier alpha value is -4.17. The molecule has 1 unspecified atom stereocenters. The topological polar surface area (TPSA) is 277 Å². The molecule has 0 amide bonds. The highest BCUT2D eigenvalue weighted by atomic mass is 19.1. The molecule has 21 nitrogen and oxygen atoms in total. The number of aliphatic hydroxyl groups excluding tert-OH is 2. The molecule has 0 aliphatic carbocycles. The SMILES string of the molecule is CCCNC[C@@]1(O)[C@H](C)OC([C@H]2[C@H](C)[C@@H](O[C@@H]3O[C@H](C)C[C@H](N(C)CCc4cn([C@H](CF)[C@H](OC)c5ccc(-c6cnc(N)nc6)cc5)nn4)[C@H]3O)[C@](C)(OC)C[C@@H](C)C(=O)[C@H](C)[C@@H](O)[C@](C)(O)[C@@H](CC)OC(=O)[C@@H]2C)C[C@@]1(C)OC. The van der Waals surface area contributed by atoms with Crippen LogP contribution in [-0.2, 0) is 49.2 Å². The van der Waals surface area contributed by atoms with E-state index >= 15 is 4.39 Å². The van der Waals surface area contributed by atoms with E-state index < -0.39 is 132 Å². The van der Waals surface area contributed by atoms with Crippen LogP contribution in [0.2, 0.25) is 0 Å². The number of esters is 1. The van der Waals surface area contributed by atoms with Gasteiger partial charge in [-0.05, 0) is 90.9 Å². The molecule has 0 spiro atoms. The van der Waals surface area contributed by atoms with Gasteiger partial charge in [0.2, 0.25) is 5.95 Å². The molecule has 3 fully saturated rings. The van der Waals surface area contributed by atoms with Gasteiger partial charge in [-0.25, -0.2) is 19.0 Å². The number of carbonyl (C=O) groups is 2. The lowest BCUT2D eigenvalue weighted by molar-refractivity contribution is -0.309.